The van der Waals surface area contributed by atoms with Crippen molar-refractivity contribution in [3.63, 3.8) is 0 Å². The van der Waals surface area contributed by atoms with Crippen molar-refractivity contribution in [1.29, 1.82) is 0 Å². The average Bonchev–Trinajstić information content (AvgIpc) is 3.22. The van der Waals surface area contributed by atoms with Crippen molar-refractivity contribution in [2.45, 2.75) is 0 Å². The summed E-state index contributed by atoms with van der Waals surface area (Å²) in [5.41, 5.74) is 1.43. The molecule has 1 aliphatic rings. The van der Waals surface area contributed by atoms with E-state index in [0.717, 1.165) is 22.6 Å². The molecule has 1 fully saturated rings. The third kappa shape index (κ3) is 3.92. The molecule has 5 rings (SSSR count). The second-order valence-corrected chi connectivity index (χ2v) is 7.52. The second kappa shape index (κ2) is 8.54. The van der Waals surface area contributed by atoms with Gasteiger partial charge in [-0.25, -0.2) is 14.8 Å². The lowest BCUT2D eigenvalue weighted by Crippen LogP contribution is -2.50. The molecule has 0 spiro atoms. The fourth-order valence-corrected chi connectivity index (χ4v) is 3.79. The van der Waals surface area contributed by atoms with Gasteiger partial charge in [-0.15, -0.1) is 0 Å². The number of rotatable bonds is 4. The zero-order valence-corrected chi connectivity index (χ0v) is 17.7. The molecular weight excluding hydrogens is 406 g/mol. The molecule has 9 nitrogen and oxygen atoms in total. The largest absolute Gasteiger partial charge is 0.455 e. The van der Waals surface area contributed by atoms with E-state index < -0.39 is 0 Å². The van der Waals surface area contributed by atoms with Crippen LogP contribution < -0.4 is 15.0 Å². The number of hydrogen-bond donors (Lipinski definition) is 1. The van der Waals surface area contributed by atoms with Crippen LogP contribution in [0.5, 0.6) is 11.5 Å². The Bertz CT molecular complexity index is 1230. The lowest BCUT2D eigenvalue weighted by molar-refractivity contribution is 0.208. The molecule has 0 saturated carbocycles. The number of aromatic nitrogens is 4. The van der Waals surface area contributed by atoms with E-state index >= 15 is 0 Å². The number of carbonyl (C=O) groups excluding carboxylic acids is 1. The number of hydrogen-bond acceptors (Lipinski definition) is 6. The summed E-state index contributed by atoms with van der Waals surface area (Å²) >= 11 is 0. The third-order valence-electron chi connectivity index (χ3n) is 5.47. The van der Waals surface area contributed by atoms with E-state index in [1.165, 1.54) is 0 Å². The van der Waals surface area contributed by atoms with Gasteiger partial charge in [0.1, 0.15) is 17.9 Å². The van der Waals surface area contributed by atoms with Crippen LogP contribution in [0.15, 0.2) is 67.1 Å². The van der Waals surface area contributed by atoms with Gasteiger partial charge >= 0.3 is 6.03 Å². The van der Waals surface area contributed by atoms with Crippen LogP contribution in [0, 0.1) is 0 Å². The zero-order chi connectivity index (χ0) is 21.9. The Labute approximate surface area is 185 Å². The topological polar surface area (TPSA) is 88.4 Å². The maximum atomic E-state index is 12.9. The molecule has 0 aliphatic carbocycles. The van der Waals surface area contributed by atoms with Crippen molar-refractivity contribution in [2.75, 3.05) is 36.4 Å². The zero-order valence-electron chi connectivity index (χ0n) is 17.7. The van der Waals surface area contributed by atoms with Crippen molar-refractivity contribution >= 4 is 28.6 Å². The number of para-hydroxylation sites is 3. The Kier molecular flexibility index (Phi) is 5.29. The standard InChI is InChI=1S/C23H23N7O2/c1-28-21-18(15-26-28)22(25-16-24-21)29-11-13-30(14-12-29)23(31)27-19-9-5-6-10-20(19)32-17-7-3-2-4-8-17/h2-10,15-16H,11-14H2,1H3,(H,27,31). The van der Waals surface area contributed by atoms with Crippen LogP contribution >= 0.6 is 0 Å². The van der Waals surface area contributed by atoms with Gasteiger partial charge < -0.3 is 19.9 Å². The fourth-order valence-electron chi connectivity index (χ4n) is 3.79. The lowest BCUT2D eigenvalue weighted by atomic mass is 10.2. The molecule has 1 aliphatic heterocycles. The number of aryl methyl sites for hydroxylation is 1. The Morgan fingerprint density at radius 1 is 0.969 bits per heavy atom. The van der Waals surface area contributed by atoms with E-state index in [0.29, 0.717) is 37.6 Å². The normalized spacial score (nSPS) is 13.9. The highest BCUT2D eigenvalue weighted by Crippen LogP contribution is 2.29. The summed E-state index contributed by atoms with van der Waals surface area (Å²) < 4.78 is 7.69. The van der Waals surface area contributed by atoms with Gasteiger partial charge in [0.2, 0.25) is 0 Å². The highest BCUT2D eigenvalue weighted by atomic mass is 16.5. The van der Waals surface area contributed by atoms with Crippen molar-refractivity contribution in [2.24, 2.45) is 7.05 Å². The van der Waals surface area contributed by atoms with Gasteiger partial charge in [0.25, 0.3) is 0 Å². The third-order valence-corrected chi connectivity index (χ3v) is 5.47. The number of benzene rings is 2. The van der Waals surface area contributed by atoms with Gasteiger partial charge in [0.05, 0.1) is 17.3 Å². The van der Waals surface area contributed by atoms with E-state index in [1.807, 2.05) is 61.6 Å². The van der Waals surface area contributed by atoms with Gasteiger partial charge in [-0.3, -0.25) is 4.68 Å². The van der Waals surface area contributed by atoms with Crippen LogP contribution in [0.1, 0.15) is 0 Å². The minimum Gasteiger partial charge on any atom is -0.455 e. The summed E-state index contributed by atoms with van der Waals surface area (Å²) in [6.45, 7) is 2.52. The van der Waals surface area contributed by atoms with E-state index in [-0.39, 0.29) is 6.03 Å². The van der Waals surface area contributed by atoms with E-state index in [2.05, 4.69) is 25.3 Å². The second-order valence-electron chi connectivity index (χ2n) is 7.52. The van der Waals surface area contributed by atoms with Crippen LogP contribution in [0.2, 0.25) is 0 Å². The number of nitrogens with zero attached hydrogens (tertiary/aromatic N) is 6. The molecule has 9 heteroatoms. The first kappa shape index (κ1) is 19.8. The summed E-state index contributed by atoms with van der Waals surface area (Å²) in [6, 6.07) is 16.8. The first-order valence-electron chi connectivity index (χ1n) is 10.4. The minimum absolute atomic E-state index is 0.150. The summed E-state index contributed by atoms with van der Waals surface area (Å²) in [4.78, 5) is 25.7. The predicted octanol–water partition coefficient (Wildman–Crippen LogP) is 3.51. The van der Waals surface area contributed by atoms with Crippen LogP contribution in [-0.2, 0) is 7.05 Å². The SMILES string of the molecule is Cn1ncc2c(N3CCN(C(=O)Nc4ccccc4Oc4ccccc4)CC3)ncnc21. The first-order valence-corrected chi connectivity index (χ1v) is 10.4. The molecule has 1 N–H and O–H groups in total. The quantitative estimate of drug-likeness (QED) is 0.534. The molecule has 0 unspecified atom stereocenters. The van der Waals surface area contributed by atoms with Gasteiger partial charge in [0, 0.05) is 33.2 Å². The van der Waals surface area contributed by atoms with Gasteiger partial charge in [-0.05, 0) is 24.3 Å². The number of nitrogens with one attached hydrogen (secondary N) is 1. The molecule has 0 atom stereocenters. The molecule has 0 radical (unpaired) electrons. The first-order chi connectivity index (χ1) is 15.7. The number of amides is 2. The van der Waals surface area contributed by atoms with Crippen LogP contribution in [0.4, 0.5) is 16.3 Å². The van der Waals surface area contributed by atoms with Gasteiger partial charge in [0.15, 0.2) is 11.4 Å². The number of carbonyl (C=O) groups is 1. The molecule has 2 amide bonds. The molecular formula is C23H23N7O2. The summed E-state index contributed by atoms with van der Waals surface area (Å²) in [5.74, 6) is 2.17. The molecule has 4 aromatic rings. The van der Waals surface area contributed by atoms with Crippen molar-refractivity contribution in [3.05, 3.63) is 67.1 Å². The highest BCUT2D eigenvalue weighted by molar-refractivity contribution is 5.91. The molecule has 32 heavy (non-hydrogen) atoms. The summed E-state index contributed by atoms with van der Waals surface area (Å²) in [5, 5.41) is 8.19. The van der Waals surface area contributed by atoms with E-state index in [9.17, 15) is 4.79 Å². The number of fused-ring (bicyclic) bond motifs is 1. The maximum absolute atomic E-state index is 12.9. The Morgan fingerprint density at radius 2 is 1.72 bits per heavy atom. The van der Waals surface area contributed by atoms with Crippen LogP contribution in [0.3, 0.4) is 0 Å². The van der Waals surface area contributed by atoms with Crippen LogP contribution in [-0.4, -0.2) is 56.9 Å². The molecule has 2 aromatic heterocycles. The number of anilines is 2. The lowest BCUT2D eigenvalue weighted by Gasteiger charge is -2.35. The van der Waals surface area contributed by atoms with E-state index in [4.69, 9.17) is 4.74 Å². The molecule has 1 saturated heterocycles. The van der Waals surface area contributed by atoms with Gasteiger partial charge in [-0.2, -0.15) is 5.10 Å². The predicted molar refractivity (Wildman–Crippen MR) is 122 cm³/mol. The number of piperazine rings is 1. The molecule has 3 heterocycles. The Hall–Kier alpha value is -4.14. The smallest absolute Gasteiger partial charge is 0.322 e. The minimum atomic E-state index is -0.150. The van der Waals surface area contributed by atoms with Crippen molar-refractivity contribution < 1.29 is 9.53 Å². The summed E-state index contributed by atoms with van der Waals surface area (Å²) in [7, 11) is 1.86. The highest BCUT2D eigenvalue weighted by Gasteiger charge is 2.24. The van der Waals surface area contributed by atoms with E-state index in [1.54, 1.807) is 22.1 Å². The van der Waals surface area contributed by atoms with Gasteiger partial charge in [-0.1, -0.05) is 30.3 Å². The molecule has 0 bridgehead atoms. The Morgan fingerprint density at radius 3 is 2.53 bits per heavy atom. The number of ether oxygens (including phenoxy) is 1. The van der Waals surface area contributed by atoms with Crippen molar-refractivity contribution in [1.82, 2.24) is 24.6 Å². The Balaban J connectivity index is 1.25. The maximum Gasteiger partial charge on any atom is 0.322 e. The average molecular weight is 429 g/mol. The molecule has 162 valence electrons. The number of urea groups is 1. The van der Waals surface area contributed by atoms with Crippen LogP contribution in [0.25, 0.3) is 11.0 Å². The van der Waals surface area contributed by atoms with Crippen molar-refractivity contribution in [3.8, 4) is 11.5 Å². The summed E-state index contributed by atoms with van der Waals surface area (Å²) in [6.07, 6.45) is 3.34. The fraction of sp³-hybridized carbons (Fsp3) is 0.217. The monoisotopic (exact) mass is 429 g/mol. The molecule has 2 aromatic carbocycles.